The van der Waals surface area contributed by atoms with Crippen molar-refractivity contribution < 1.29 is 14.3 Å². The van der Waals surface area contributed by atoms with Crippen LogP contribution in [0.1, 0.15) is 38.2 Å². The van der Waals surface area contributed by atoms with Crippen molar-refractivity contribution >= 4 is 11.6 Å². The number of anilines is 1. The number of benzene rings is 1. The van der Waals surface area contributed by atoms with E-state index >= 15 is 0 Å². The molecule has 1 amide bonds. The Bertz CT molecular complexity index is 558. The average molecular weight is 346 g/mol. The second-order valence-electron chi connectivity index (χ2n) is 7.21. The summed E-state index contributed by atoms with van der Waals surface area (Å²) in [5.74, 6) is 0.488. The van der Waals surface area contributed by atoms with Crippen LogP contribution >= 0.6 is 0 Å². The molecule has 1 saturated carbocycles. The minimum Gasteiger partial charge on any atom is -0.379 e. The predicted molar refractivity (Wildman–Crippen MR) is 98.5 cm³/mol. The van der Waals surface area contributed by atoms with Crippen LogP contribution in [0.4, 0.5) is 5.69 Å². The zero-order valence-electron chi connectivity index (χ0n) is 15.2. The Hall–Kier alpha value is -1.43. The van der Waals surface area contributed by atoms with Crippen molar-refractivity contribution in [1.82, 2.24) is 4.90 Å². The summed E-state index contributed by atoms with van der Waals surface area (Å²) in [6.45, 7) is 6.63. The highest BCUT2D eigenvalue weighted by Gasteiger charge is 2.22. The van der Waals surface area contributed by atoms with Crippen molar-refractivity contribution in [1.29, 1.82) is 0 Å². The molecule has 1 aliphatic heterocycles. The van der Waals surface area contributed by atoms with Gasteiger partial charge in [-0.1, -0.05) is 38.0 Å². The maximum Gasteiger partial charge on any atom is 0.250 e. The predicted octanol–water partition coefficient (Wildman–Crippen LogP) is 3.05. The summed E-state index contributed by atoms with van der Waals surface area (Å²) < 4.78 is 11.3. The highest BCUT2D eigenvalue weighted by Crippen LogP contribution is 2.26. The monoisotopic (exact) mass is 346 g/mol. The molecule has 1 aromatic carbocycles. The van der Waals surface area contributed by atoms with Crippen molar-refractivity contribution in [3.63, 3.8) is 0 Å². The van der Waals surface area contributed by atoms with Gasteiger partial charge in [0.1, 0.15) is 6.61 Å². The molecule has 0 bridgehead atoms. The van der Waals surface area contributed by atoms with Crippen LogP contribution in [-0.2, 0) is 20.8 Å². The summed E-state index contributed by atoms with van der Waals surface area (Å²) in [5, 5.41) is 3.03. The van der Waals surface area contributed by atoms with Gasteiger partial charge in [0.25, 0.3) is 0 Å². The zero-order valence-corrected chi connectivity index (χ0v) is 15.2. The number of amides is 1. The van der Waals surface area contributed by atoms with Gasteiger partial charge in [-0.2, -0.15) is 0 Å². The van der Waals surface area contributed by atoms with Gasteiger partial charge in [0.05, 0.1) is 19.3 Å². The summed E-state index contributed by atoms with van der Waals surface area (Å²) >= 11 is 0. The second kappa shape index (κ2) is 9.32. The highest BCUT2D eigenvalue weighted by atomic mass is 16.5. The van der Waals surface area contributed by atoms with Gasteiger partial charge in [0.2, 0.25) is 5.91 Å². The second-order valence-corrected chi connectivity index (χ2v) is 7.21. The molecule has 5 nitrogen and oxygen atoms in total. The lowest BCUT2D eigenvalue weighted by atomic mass is 9.88. The van der Waals surface area contributed by atoms with Gasteiger partial charge in [0.15, 0.2) is 0 Å². The van der Waals surface area contributed by atoms with E-state index in [-0.39, 0.29) is 18.6 Å². The lowest BCUT2D eigenvalue weighted by Gasteiger charge is -2.28. The average Bonchev–Trinajstić information content (AvgIpc) is 2.64. The third-order valence-corrected chi connectivity index (χ3v) is 5.25. The third-order valence-electron chi connectivity index (χ3n) is 5.25. The van der Waals surface area contributed by atoms with Gasteiger partial charge in [-0.3, -0.25) is 9.69 Å². The molecule has 0 aromatic heterocycles. The zero-order chi connectivity index (χ0) is 17.5. The van der Waals surface area contributed by atoms with E-state index in [9.17, 15) is 4.79 Å². The molecule has 1 aliphatic carbocycles. The first-order valence-corrected chi connectivity index (χ1v) is 9.52. The van der Waals surface area contributed by atoms with Crippen molar-refractivity contribution in [2.45, 2.75) is 45.3 Å². The van der Waals surface area contributed by atoms with Crippen LogP contribution < -0.4 is 5.32 Å². The molecule has 25 heavy (non-hydrogen) atoms. The van der Waals surface area contributed by atoms with Gasteiger partial charge in [-0.15, -0.1) is 0 Å². The van der Waals surface area contributed by atoms with Crippen molar-refractivity contribution in [3.05, 3.63) is 29.8 Å². The van der Waals surface area contributed by atoms with Crippen molar-refractivity contribution in [2.75, 3.05) is 38.2 Å². The summed E-state index contributed by atoms with van der Waals surface area (Å²) in [7, 11) is 0. The fraction of sp³-hybridized carbons (Fsp3) is 0.650. The van der Waals surface area contributed by atoms with E-state index in [2.05, 4.69) is 23.2 Å². The van der Waals surface area contributed by atoms with Crippen LogP contribution in [0.15, 0.2) is 24.3 Å². The molecule has 2 aliphatic rings. The largest absolute Gasteiger partial charge is 0.379 e. The molecule has 3 rings (SSSR count). The van der Waals surface area contributed by atoms with E-state index in [4.69, 9.17) is 9.47 Å². The first-order valence-electron chi connectivity index (χ1n) is 9.52. The molecular weight excluding hydrogens is 316 g/mol. The molecule has 1 aromatic rings. The van der Waals surface area contributed by atoms with Crippen LogP contribution in [0.3, 0.4) is 0 Å². The lowest BCUT2D eigenvalue weighted by molar-refractivity contribution is -0.124. The van der Waals surface area contributed by atoms with Gasteiger partial charge >= 0.3 is 0 Å². The van der Waals surface area contributed by atoms with Crippen LogP contribution in [0.2, 0.25) is 0 Å². The van der Waals surface area contributed by atoms with Crippen LogP contribution in [0.25, 0.3) is 0 Å². The van der Waals surface area contributed by atoms with Gasteiger partial charge < -0.3 is 14.8 Å². The summed E-state index contributed by atoms with van der Waals surface area (Å²) in [6.07, 6.45) is 4.99. The number of nitrogens with one attached hydrogen (secondary N) is 1. The Balaban J connectivity index is 1.52. The Kier molecular flexibility index (Phi) is 6.84. The Labute approximate surface area is 150 Å². The van der Waals surface area contributed by atoms with E-state index in [1.54, 1.807) is 0 Å². The number of para-hydroxylation sites is 1. The SMILES string of the molecule is CC1CCCCC1OCC(=O)Nc1ccccc1CN1CCOCC1. The first-order chi connectivity index (χ1) is 12.2. The molecule has 5 heteroatoms. The molecule has 1 N–H and O–H groups in total. The van der Waals surface area contributed by atoms with Crippen LogP contribution in [0.5, 0.6) is 0 Å². The normalized spacial score (nSPS) is 24.8. The maximum atomic E-state index is 12.3. The van der Waals surface area contributed by atoms with Crippen molar-refractivity contribution in [2.24, 2.45) is 5.92 Å². The van der Waals surface area contributed by atoms with E-state index in [0.29, 0.717) is 5.92 Å². The molecule has 1 saturated heterocycles. The van der Waals surface area contributed by atoms with Gasteiger partial charge in [-0.25, -0.2) is 0 Å². The molecule has 2 atom stereocenters. The Morgan fingerprint density at radius 2 is 2.00 bits per heavy atom. The molecule has 0 radical (unpaired) electrons. The molecule has 0 spiro atoms. The van der Waals surface area contributed by atoms with E-state index < -0.39 is 0 Å². The molecule has 2 unspecified atom stereocenters. The first kappa shape index (κ1) is 18.4. The minimum absolute atomic E-state index is 0.0628. The van der Waals surface area contributed by atoms with Gasteiger partial charge in [0, 0.05) is 25.3 Å². The Morgan fingerprint density at radius 3 is 2.80 bits per heavy atom. The fourth-order valence-electron chi connectivity index (χ4n) is 3.68. The van der Waals surface area contributed by atoms with Gasteiger partial charge in [-0.05, 0) is 30.4 Å². The number of hydrogen-bond donors (Lipinski definition) is 1. The summed E-state index contributed by atoms with van der Waals surface area (Å²) in [5.41, 5.74) is 2.03. The lowest BCUT2D eigenvalue weighted by Crippen LogP contribution is -2.36. The number of hydrogen-bond acceptors (Lipinski definition) is 4. The smallest absolute Gasteiger partial charge is 0.250 e. The van der Waals surface area contributed by atoms with Crippen LogP contribution in [0, 0.1) is 5.92 Å². The maximum absolute atomic E-state index is 12.3. The summed E-state index contributed by atoms with van der Waals surface area (Å²) in [6, 6.07) is 8.03. The molecule has 2 fully saturated rings. The van der Waals surface area contributed by atoms with Crippen LogP contribution in [-0.4, -0.2) is 49.8 Å². The number of morpholine rings is 1. The molecule has 1 heterocycles. The summed E-state index contributed by atoms with van der Waals surface area (Å²) in [4.78, 5) is 14.7. The molecular formula is C20H30N2O3. The number of carbonyl (C=O) groups excluding carboxylic acids is 1. The minimum atomic E-state index is -0.0628. The van der Waals surface area contributed by atoms with E-state index in [1.165, 1.54) is 19.3 Å². The topological polar surface area (TPSA) is 50.8 Å². The number of ether oxygens (including phenoxy) is 2. The van der Waals surface area contributed by atoms with Crippen molar-refractivity contribution in [3.8, 4) is 0 Å². The fourth-order valence-corrected chi connectivity index (χ4v) is 3.68. The highest BCUT2D eigenvalue weighted by molar-refractivity contribution is 5.92. The van der Waals surface area contributed by atoms with E-state index in [1.807, 2.05) is 18.2 Å². The Morgan fingerprint density at radius 1 is 1.24 bits per heavy atom. The standard InChI is InChI=1S/C20H30N2O3/c1-16-6-2-5-9-19(16)25-15-20(23)21-18-8-4-3-7-17(18)14-22-10-12-24-13-11-22/h3-4,7-8,16,19H,2,5-6,9-15H2,1H3,(H,21,23). The van der Waals surface area contributed by atoms with E-state index in [0.717, 1.165) is 50.5 Å². The third kappa shape index (κ3) is 5.53. The quantitative estimate of drug-likeness (QED) is 0.860. The number of nitrogens with zero attached hydrogens (tertiary/aromatic N) is 1. The molecule has 138 valence electrons. The number of rotatable bonds is 6. The number of carbonyl (C=O) groups is 1.